The quantitative estimate of drug-likeness (QED) is 0.362. The minimum Gasteiger partial charge on any atom is -0.497 e. The standard InChI is InChI=1S/C22H21N3O2S/c1-13-9-14(2)20-17(10-13)11-15(3)21-23-24-22(25(20)21)28-12-19(26)16-5-7-18(27-4)8-6-16/h5-11H,12H2,1-4H3. The van der Waals surface area contributed by atoms with Gasteiger partial charge in [-0.15, -0.1) is 10.2 Å². The molecular weight excluding hydrogens is 370 g/mol. The Balaban J connectivity index is 1.70. The van der Waals surface area contributed by atoms with Gasteiger partial charge in [0.1, 0.15) is 5.75 Å². The number of thioether (sulfide) groups is 1. The van der Waals surface area contributed by atoms with Crippen LogP contribution < -0.4 is 4.74 Å². The van der Waals surface area contributed by atoms with Gasteiger partial charge in [-0.3, -0.25) is 9.20 Å². The first-order valence-corrected chi connectivity index (χ1v) is 10.0. The fourth-order valence-electron chi connectivity index (χ4n) is 3.52. The molecule has 142 valence electrons. The molecule has 0 spiro atoms. The summed E-state index contributed by atoms with van der Waals surface area (Å²) < 4.78 is 7.22. The lowest BCUT2D eigenvalue weighted by atomic mass is 10.1. The maximum absolute atomic E-state index is 12.6. The van der Waals surface area contributed by atoms with Gasteiger partial charge >= 0.3 is 0 Å². The zero-order chi connectivity index (χ0) is 19.8. The molecule has 4 aromatic rings. The molecule has 0 unspecified atom stereocenters. The number of carbonyl (C=O) groups is 1. The summed E-state index contributed by atoms with van der Waals surface area (Å²) >= 11 is 1.41. The summed E-state index contributed by atoms with van der Waals surface area (Å²) in [6.45, 7) is 6.24. The van der Waals surface area contributed by atoms with Crippen molar-refractivity contribution >= 4 is 34.1 Å². The summed E-state index contributed by atoms with van der Waals surface area (Å²) in [6, 6.07) is 13.7. The van der Waals surface area contributed by atoms with Gasteiger partial charge in [-0.25, -0.2) is 0 Å². The summed E-state index contributed by atoms with van der Waals surface area (Å²) in [5.41, 5.74) is 6.05. The van der Waals surface area contributed by atoms with E-state index in [0.717, 1.165) is 33.0 Å². The van der Waals surface area contributed by atoms with Gasteiger partial charge in [0.25, 0.3) is 0 Å². The predicted octanol–water partition coefficient (Wildman–Crippen LogP) is 4.79. The molecule has 0 saturated heterocycles. The molecule has 2 heterocycles. The lowest BCUT2D eigenvalue weighted by molar-refractivity contribution is 0.102. The number of ketones is 1. The third-order valence-electron chi connectivity index (χ3n) is 4.80. The molecule has 2 aromatic heterocycles. The summed E-state index contributed by atoms with van der Waals surface area (Å²) in [7, 11) is 1.61. The highest BCUT2D eigenvalue weighted by Gasteiger charge is 2.16. The molecular formula is C22H21N3O2S. The van der Waals surface area contributed by atoms with Crippen molar-refractivity contribution in [2.45, 2.75) is 25.9 Å². The van der Waals surface area contributed by atoms with E-state index in [-0.39, 0.29) is 5.78 Å². The Kier molecular flexibility index (Phi) is 4.81. The van der Waals surface area contributed by atoms with Gasteiger partial charge in [0, 0.05) is 5.56 Å². The van der Waals surface area contributed by atoms with Gasteiger partial charge in [0.15, 0.2) is 16.6 Å². The van der Waals surface area contributed by atoms with E-state index in [2.05, 4.69) is 46.6 Å². The van der Waals surface area contributed by atoms with Crippen LogP contribution in [0.5, 0.6) is 5.75 Å². The number of aryl methyl sites for hydroxylation is 3. The molecule has 0 aliphatic rings. The monoisotopic (exact) mass is 391 g/mol. The highest BCUT2D eigenvalue weighted by Crippen LogP contribution is 2.29. The number of rotatable bonds is 5. The lowest BCUT2D eigenvalue weighted by Gasteiger charge is -2.10. The Bertz CT molecular complexity index is 1200. The smallest absolute Gasteiger partial charge is 0.196 e. The number of hydrogen-bond donors (Lipinski definition) is 0. The Morgan fingerprint density at radius 2 is 1.79 bits per heavy atom. The second-order valence-corrected chi connectivity index (χ2v) is 7.87. The van der Waals surface area contributed by atoms with Gasteiger partial charge in [-0.2, -0.15) is 0 Å². The highest BCUT2D eigenvalue weighted by molar-refractivity contribution is 7.99. The molecule has 0 amide bonds. The van der Waals surface area contributed by atoms with Crippen LogP contribution in [0.4, 0.5) is 0 Å². The van der Waals surface area contributed by atoms with Gasteiger partial charge in [-0.05, 0) is 73.7 Å². The molecule has 0 atom stereocenters. The van der Waals surface area contributed by atoms with Crippen LogP contribution in [-0.4, -0.2) is 33.2 Å². The third-order valence-corrected chi connectivity index (χ3v) is 5.73. The second kappa shape index (κ2) is 7.28. The SMILES string of the molecule is COc1ccc(C(=O)CSc2nnc3c(C)cc4cc(C)cc(C)c4n23)cc1. The normalized spacial score (nSPS) is 11.3. The van der Waals surface area contributed by atoms with Crippen LogP contribution in [0, 0.1) is 20.8 Å². The molecule has 0 fully saturated rings. The van der Waals surface area contributed by atoms with Gasteiger partial charge in [0.05, 0.1) is 18.4 Å². The van der Waals surface area contributed by atoms with E-state index in [1.54, 1.807) is 31.4 Å². The number of pyridine rings is 1. The number of ether oxygens (including phenoxy) is 1. The molecule has 6 heteroatoms. The minimum atomic E-state index is 0.0499. The van der Waals surface area contributed by atoms with Crippen molar-refractivity contribution in [2.75, 3.05) is 12.9 Å². The zero-order valence-electron chi connectivity index (χ0n) is 16.3. The summed E-state index contributed by atoms with van der Waals surface area (Å²) in [5.74, 6) is 1.09. The Morgan fingerprint density at radius 1 is 1.04 bits per heavy atom. The van der Waals surface area contributed by atoms with Crippen molar-refractivity contribution < 1.29 is 9.53 Å². The molecule has 0 radical (unpaired) electrons. The number of methoxy groups -OCH3 is 1. The highest BCUT2D eigenvalue weighted by atomic mass is 32.2. The summed E-state index contributed by atoms with van der Waals surface area (Å²) in [6.07, 6.45) is 0. The topological polar surface area (TPSA) is 56.5 Å². The summed E-state index contributed by atoms with van der Waals surface area (Å²) in [5, 5.41) is 10.6. The number of carbonyl (C=O) groups excluding carboxylic acids is 1. The Labute approximate surface area is 167 Å². The van der Waals surface area contributed by atoms with Crippen LogP contribution in [0.2, 0.25) is 0 Å². The minimum absolute atomic E-state index is 0.0499. The van der Waals surface area contributed by atoms with E-state index in [1.807, 2.05) is 6.92 Å². The lowest BCUT2D eigenvalue weighted by Crippen LogP contribution is -2.03. The van der Waals surface area contributed by atoms with Gasteiger partial charge < -0.3 is 4.74 Å². The number of aromatic nitrogens is 3. The molecule has 0 aliphatic carbocycles. The molecule has 28 heavy (non-hydrogen) atoms. The van der Waals surface area contributed by atoms with E-state index in [0.29, 0.717) is 11.3 Å². The third kappa shape index (κ3) is 3.24. The number of benzene rings is 2. The Hall–Kier alpha value is -2.86. The van der Waals surface area contributed by atoms with Crippen LogP contribution in [-0.2, 0) is 0 Å². The van der Waals surface area contributed by atoms with E-state index in [9.17, 15) is 4.79 Å². The maximum Gasteiger partial charge on any atom is 0.196 e. The average Bonchev–Trinajstić information content (AvgIpc) is 3.10. The van der Waals surface area contributed by atoms with Crippen molar-refractivity contribution in [1.82, 2.24) is 14.6 Å². The largest absolute Gasteiger partial charge is 0.497 e. The van der Waals surface area contributed by atoms with Gasteiger partial charge in [-0.1, -0.05) is 23.4 Å². The number of Topliss-reactive ketones (excluding diaryl/α,β-unsaturated/α-hetero) is 1. The predicted molar refractivity (Wildman–Crippen MR) is 113 cm³/mol. The summed E-state index contributed by atoms with van der Waals surface area (Å²) in [4.78, 5) is 12.6. The average molecular weight is 391 g/mol. The van der Waals surface area contributed by atoms with E-state index in [1.165, 1.54) is 22.9 Å². The molecule has 5 nitrogen and oxygen atoms in total. The first kappa shape index (κ1) is 18.5. The first-order chi connectivity index (χ1) is 13.5. The molecule has 0 bridgehead atoms. The second-order valence-electron chi connectivity index (χ2n) is 6.93. The van der Waals surface area contributed by atoms with Crippen molar-refractivity contribution in [3.05, 3.63) is 64.7 Å². The van der Waals surface area contributed by atoms with E-state index < -0.39 is 0 Å². The molecule has 2 aromatic carbocycles. The van der Waals surface area contributed by atoms with Crippen LogP contribution >= 0.6 is 11.8 Å². The molecule has 4 rings (SSSR count). The van der Waals surface area contributed by atoms with Crippen LogP contribution in [0.15, 0.2) is 47.6 Å². The number of fused-ring (bicyclic) bond motifs is 3. The van der Waals surface area contributed by atoms with E-state index in [4.69, 9.17) is 4.74 Å². The van der Waals surface area contributed by atoms with Gasteiger partial charge in [0.2, 0.25) is 0 Å². The van der Waals surface area contributed by atoms with Crippen molar-refractivity contribution in [3.8, 4) is 5.75 Å². The van der Waals surface area contributed by atoms with Crippen molar-refractivity contribution in [3.63, 3.8) is 0 Å². The zero-order valence-corrected chi connectivity index (χ0v) is 17.1. The first-order valence-electron chi connectivity index (χ1n) is 9.03. The Morgan fingerprint density at radius 3 is 2.50 bits per heavy atom. The van der Waals surface area contributed by atoms with Crippen molar-refractivity contribution in [1.29, 1.82) is 0 Å². The molecule has 0 aliphatic heterocycles. The van der Waals surface area contributed by atoms with Crippen LogP contribution in [0.25, 0.3) is 16.6 Å². The van der Waals surface area contributed by atoms with Crippen LogP contribution in [0.1, 0.15) is 27.0 Å². The van der Waals surface area contributed by atoms with Crippen LogP contribution in [0.3, 0.4) is 0 Å². The molecule has 0 saturated carbocycles. The molecule has 0 N–H and O–H groups in total. The van der Waals surface area contributed by atoms with E-state index >= 15 is 0 Å². The maximum atomic E-state index is 12.6. The fraction of sp³-hybridized carbons (Fsp3) is 0.227. The fourth-order valence-corrected chi connectivity index (χ4v) is 4.35. The number of hydrogen-bond acceptors (Lipinski definition) is 5. The van der Waals surface area contributed by atoms with Crippen molar-refractivity contribution in [2.24, 2.45) is 0 Å². The number of nitrogens with zero attached hydrogens (tertiary/aromatic N) is 3.